The first kappa shape index (κ1) is 14.8. The van der Waals surface area contributed by atoms with E-state index in [4.69, 9.17) is 0 Å². The number of rotatable bonds is 5. The highest BCUT2D eigenvalue weighted by atomic mass is 16.1. The van der Waals surface area contributed by atoms with Gasteiger partial charge in [-0.25, -0.2) is 0 Å². The summed E-state index contributed by atoms with van der Waals surface area (Å²) in [4.78, 5) is 12.0. The molecular formula is C16H30N2O. The van der Waals surface area contributed by atoms with Crippen molar-refractivity contribution in [3.63, 3.8) is 0 Å². The molecule has 1 saturated carbocycles. The average Bonchev–Trinajstić information content (AvgIpc) is 2.90. The zero-order valence-electron chi connectivity index (χ0n) is 12.6. The van der Waals surface area contributed by atoms with E-state index in [2.05, 4.69) is 24.5 Å². The van der Waals surface area contributed by atoms with Crippen molar-refractivity contribution in [2.45, 2.75) is 64.8 Å². The van der Waals surface area contributed by atoms with Crippen molar-refractivity contribution in [3.8, 4) is 0 Å². The van der Waals surface area contributed by atoms with Crippen LogP contribution < -0.4 is 10.6 Å². The van der Waals surface area contributed by atoms with Crippen LogP contribution in [0.4, 0.5) is 0 Å². The van der Waals surface area contributed by atoms with Gasteiger partial charge in [-0.2, -0.15) is 0 Å². The zero-order chi connectivity index (χ0) is 13.7. The van der Waals surface area contributed by atoms with Crippen LogP contribution in [0.5, 0.6) is 0 Å². The highest BCUT2D eigenvalue weighted by molar-refractivity contribution is 5.76. The second-order valence-corrected chi connectivity index (χ2v) is 6.82. The fourth-order valence-electron chi connectivity index (χ4n) is 3.53. The van der Waals surface area contributed by atoms with Crippen LogP contribution in [0.2, 0.25) is 0 Å². The highest BCUT2D eigenvalue weighted by Crippen LogP contribution is 2.29. The summed E-state index contributed by atoms with van der Waals surface area (Å²) in [6, 6.07) is 0.448. The molecule has 1 heterocycles. The Labute approximate surface area is 117 Å². The van der Waals surface area contributed by atoms with Gasteiger partial charge in [-0.05, 0) is 69.4 Å². The lowest BCUT2D eigenvalue weighted by Crippen LogP contribution is -2.38. The van der Waals surface area contributed by atoms with Crippen LogP contribution >= 0.6 is 0 Å². The first-order valence-electron chi connectivity index (χ1n) is 8.15. The Morgan fingerprint density at radius 1 is 1.21 bits per heavy atom. The molecule has 2 fully saturated rings. The molecule has 1 aliphatic heterocycles. The third kappa shape index (κ3) is 4.79. The summed E-state index contributed by atoms with van der Waals surface area (Å²) in [6.45, 7) is 6.87. The number of hydrogen-bond donors (Lipinski definition) is 2. The average molecular weight is 266 g/mol. The second-order valence-electron chi connectivity index (χ2n) is 6.82. The minimum absolute atomic E-state index is 0.278. The molecule has 19 heavy (non-hydrogen) atoms. The Kier molecular flexibility index (Phi) is 5.68. The van der Waals surface area contributed by atoms with E-state index in [1.54, 1.807) is 0 Å². The predicted octanol–water partition coefficient (Wildman–Crippen LogP) is 2.71. The van der Waals surface area contributed by atoms with E-state index in [1.807, 2.05) is 0 Å². The van der Waals surface area contributed by atoms with Crippen LogP contribution in [0.1, 0.15) is 58.8 Å². The monoisotopic (exact) mass is 266 g/mol. The molecule has 1 aliphatic carbocycles. The van der Waals surface area contributed by atoms with Crippen molar-refractivity contribution in [2.75, 3.05) is 13.1 Å². The van der Waals surface area contributed by atoms with E-state index in [9.17, 15) is 4.79 Å². The lowest BCUT2D eigenvalue weighted by molar-refractivity contribution is -0.122. The van der Waals surface area contributed by atoms with E-state index in [-0.39, 0.29) is 5.91 Å². The molecule has 0 aromatic heterocycles. The van der Waals surface area contributed by atoms with E-state index >= 15 is 0 Å². The Morgan fingerprint density at radius 3 is 2.53 bits per heavy atom. The molecule has 1 unspecified atom stereocenters. The molecule has 0 bridgehead atoms. The predicted molar refractivity (Wildman–Crippen MR) is 78.9 cm³/mol. The van der Waals surface area contributed by atoms with Crippen molar-refractivity contribution < 1.29 is 4.79 Å². The SMILES string of the molecule is CC(C)C1CCC(NC(=O)CCC2CCNC2)CC1. The Hall–Kier alpha value is -0.570. The molecule has 0 spiro atoms. The molecule has 3 heteroatoms. The summed E-state index contributed by atoms with van der Waals surface area (Å²) in [5.41, 5.74) is 0. The fraction of sp³-hybridized carbons (Fsp3) is 0.938. The summed E-state index contributed by atoms with van der Waals surface area (Å²) in [5, 5.41) is 6.60. The maximum absolute atomic E-state index is 12.0. The van der Waals surface area contributed by atoms with Gasteiger partial charge in [-0.1, -0.05) is 13.8 Å². The Balaban J connectivity index is 1.60. The molecule has 1 amide bonds. The summed E-state index contributed by atoms with van der Waals surface area (Å²) in [6.07, 6.45) is 7.95. The van der Waals surface area contributed by atoms with Gasteiger partial charge in [0.05, 0.1) is 0 Å². The molecule has 2 N–H and O–H groups in total. The Morgan fingerprint density at radius 2 is 1.95 bits per heavy atom. The number of hydrogen-bond acceptors (Lipinski definition) is 2. The number of carbonyl (C=O) groups excluding carboxylic acids is 1. The third-order valence-corrected chi connectivity index (χ3v) is 5.02. The topological polar surface area (TPSA) is 41.1 Å². The summed E-state index contributed by atoms with van der Waals surface area (Å²) < 4.78 is 0. The molecule has 3 nitrogen and oxygen atoms in total. The molecule has 110 valence electrons. The number of amides is 1. The van der Waals surface area contributed by atoms with E-state index in [1.165, 1.54) is 32.1 Å². The summed E-state index contributed by atoms with van der Waals surface area (Å²) in [7, 11) is 0. The minimum atomic E-state index is 0.278. The molecule has 2 aliphatic rings. The van der Waals surface area contributed by atoms with Crippen LogP contribution in [0, 0.1) is 17.8 Å². The standard InChI is InChI=1S/C16H30N2O/c1-12(2)14-4-6-15(7-5-14)18-16(19)8-3-13-9-10-17-11-13/h12-15,17H,3-11H2,1-2H3,(H,18,19). The lowest BCUT2D eigenvalue weighted by atomic mass is 9.79. The van der Waals surface area contributed by atoms with Crippen molar-refractivity contribution in [3.05, 3.63) is 0 Å². The number of nitrogens with one attached hydrogen (secondary N) is 2. The zero-order valence-corrected chi connectivity index (χ0v) is 12.6. The van der Waals surface area contributed by atoms with Crippen molar-refractivity contribution in [1.29, 1.82) is 0 Å². The van der Waals surface area contributed by atoms with Gasteiger partial charge >= 0.3 is 0 Å². The van der Waals surface area contributed by atoms with Crippen LogP contribution in [0.15, 0.2) is 0 Å². The fourth-order valence-corrected chi connectivity index (χ4v) is 3.53. The largest absolute Gasteiger partial charge is 0.353 e. The van der Waals surface area contributed by atoms with Crippen LogP contribution in [0.25, 0.3) is 0 Å². The van der Waals surface area contributed by atoms with Gasteiger partial charge in [0.2, 0.25) is 5.91 Å². The van der Waals surface area contributed by atoms with Gasteiger partial charge in [-0.3, -0.25) is 4.79 Å². The first-order chi connectivity index (χ1) is 9.15. The smallest absolute Gasteiger partial charge is 0.220 e. The molecule has 1 atom stereocenters. The lowest BCUT2D eigenvalue weighted by Gasteiger charge is -2.31. The van der Waals surface area contributed by atoms with Crippen molar-refractivity contribution in [1.82, 2.24) is 10.6 Å². The summed E-state index contributed by atoms with van der Waals surface area (Å²) >= 11 is 0. The molecule has 2 rings (SSSR count). The molecule has 1 saturated heterocycles. The van der Waals surface area contributed by atoms with Gasteiger partial charge in [0, 0.05) is 12.5 Å². The highest BCUT2D eigenvalue weighted by Gasteiger charge is 2.24. The van der Waals surface area contributed by atoms with Crippen molar-refractivity contribution >= 4 is 5.91 Å². The molecule has 0 radical (unpaired) electrons. The Bertz CT molecular complexity index is 276. The van der Waals surface area contributed by atoms with E-state index in [0.29, 0.717) is 6.04 Å². The molecule has 0 aromatic carbocycles. The van der Waals surface area contributed by atoms with Crippen LogP contribution in [-0.4, -0.2) is 25.0 Å². The van der Waals surface area contributed by atoms with Crippen LogP contribution in [-0.2, 0) is 4.79 Å². The molecular weight excluding hydrogens is 236 g/mol. The first-order valence-corrected chi connectivity index (χ1v) is 8.15. The van der Waals surface area contributed by atoms with E-state index < -0.39 is 0 Å². The summed E-state index contributed by atoms with van der Waals surface area (Å²) in [5.74, 6) is 2.67. The van der Waals surface area contributed by atoms with Gasteiger partial charge in [0.15, 0.2) is 0 Å². The quantitative estimate of drug-likeness (QED) is 0.803. The molecule has 0 aromatic rings. The minimum Gasteiger partial charge on any atom is -0.353 e. The normalized spacial score (nSPS) is 31.6. The van der Waals surface area contributed by atoms with Gasteiger partial charge in [-0.15, -0.1) is 0 Å². The third-order valence-electron chi connectivity index (χ3n) is 5.02. The van der Waals surface area contributed by atoms with Gasteiger partial charge < -0.3 is 10.6 Å². The van der Waals surface area contributed by atoms with Gasteiger partial charge in [0.1, 0.15) is 0 Å². The maximum atomic E-state index is 12.0. The van der Waals surface area contributed by atoms with Gasteiger partial charge in [0.25, 0.3) is 0 Å². The number of carbonyl (C=O) groups is 1. The van der Waals surface area contributed by atoms with Crippen molar-refractivity contribution in [2.24, 2.45) is 17.8 Å². The maximum Gasteiger partial charge on any atom is 0.220 e. The second kappa shape index (κ2) is 7.28. The van der Waals surface area contributed by atoms with Crippen LogP contribution in [0.3, 0.4) is 0 Å². The van der Waals surface area contributed by atoms with E-state index in [0.717, 1.165) is 43.7 Å².